The Hall–Kier alpha value is -3.47. The molecule has 1 aliphatic heterocycles. The summed E-state index contributed by atoms with van der Waals surface area (Å²) in [4.78, 5) is 13.0. The van der Waals surface area contributed by atoms with E-state index in [1.165, 1.54) is 6.07 Å². The molecule has 0 spiro atoms. The Kier molecular flexibility index (Phi) is 5.36. The Morgan fingerprint density at radius 2 is 1.70 bits per heavy atom. The van der Waals surface area contributed by atoms with E-state index in [0.29, 0.717) is 18.4 Å². The lowest BCUT2D eigenvalue weighted by Crippen LogP contribution is -2.25. The summed E-state index contributed by atoms with van der Waals surface area (Å²) in [7, 11) is 0. The number of phenols is 3. The van der Waals surface area contributed by atoms with Gasteiger partial charge in [0, 0.05) is 24.0 Å². The number of aryl methyl sites for hydroxylation is 1. The van der Waals surface area contributed by atoms with E-state index < -0.39 is 0 Å². The number of ether oxygens (including phenoxy) is 1. The van der Waals surface area contributed by atoms with Gasteiger partial charge in [-0.3, -0.25) is 4.79 Å². The molecule has 5 nitrogen and oxygen atoms in total. The molecule has 0 fully saturated rings. The van der Waals surface area contributed by atoms with Gasteiger partial charge in [-0.15, -0.1) is 0 Å². The number of fused-ring (bicyclic) bond motifs is 1. The normalized spacial score (nSPS) is 17.8. The molecule has 154 valence electrons. The predicted molar refractivity (Wildman–Crippen MR) is 113 cm³/mol. The number of benzene rings is 3. The van der Waals surface area contributed by atoms with E-state index in [1.807, 2.05) is 37.3 Å². The molecule has 1 aliphatic rings. The zero-order valence-corrected chi connectivity index (χ0v) is 16.7. The molecule has 0 saturated heterocycles. The maximum Gasteiger partial charge on any atom is 0.170 e. The second-order valence-corrected chi connectivity index (χ2v) is 7.82. The average Bonchev–Trinajstić information content (AvgIpc) is 2.74. The second kappa shape index (κ2) is 8.11. The molecule has 5 heteroatoms. The first-order chi connectivity index (χ1) is 14.4. The van der Waals surface area contributed by atoms with Crippen molar-refractivity contribution >= 4 is 5.78 Å². The van der Waals surface area contributed by atoms with Crippen molar-refractivity contribution in [2.24, 2.45) is 5.92 Å². The Balaban J connectivity index is 1.67. The third-order valence-corrected chi connectivity index (χ3v) is 5.61. The van der Waals surface area contributed by atoms with Crippen LogP contribution in [-0.2, 0) is 12.8 Å². The SMILES string of the molecule is C[C@@H]1Cc2c(O)cc(O)c(C(=O)CCc3ccccc3)c2O[C@H]1c1ccc(O)cc1. The quantitative estimate of drug-likeness (QED) is 0.525. The van der Waals surface area contributed by atoms with Gasteiger partial charge in [0.15, 0.2) is 5.78 Å². The summed E-state index contributed by atoms with van der Waals surface area (Å²) in [5.74, 6) is -0.130. The molecule has 0 radical (unpaired) electrons. The fourth-order valence-electron chi connectivity index (χ4n) is 4.03. The summed E-state index contributed by atoms with van der Waals surface area (Å²) in [5, 5.41) is 30.4. The predicted octanol–water partition coefficient (Wildman–Crippen LogP) is 4.93. The van der Waals surface area contributed by atoms with Crippen LogP contribution < -0.4 is 4.74 Å². The number of carbonyl (C=O) groups excluding carboxylic acids is 1. The van der Waals surface area contributed by atoms with Gasteiger partial charge in [-0.25, -0.2) is 0 Å². The lowest BCUT2D eigenvalue weighted by atomic mass is 9.86. The van der Waals surface area contributed by atoms with Crippen LogP contribution in [0.15, 0.2) is 60.7 Å². The van der Waals surface area contributed by atoms with Crippen LogP contribution >= 0.6 is 0 Å². The Bertz CT molecular complexity index is 1060. The van der Waals surface area contributed by atoms with Crippen molar-refractivity contribution < 1.29 is 24.9 Å². The highest BCUT2D eigenvalue weighted by atomic mass is 16.5. The van der Waals surface area contributed by atoms with E-state index in [1.54, 1.807) is 24.3 Å². The van der Waals surface area contributed by atoms with Crippen LogP contribution in [-0.4, -0.2) is 21.1 Å². The number of aromatic hydroxyl groups is 3. The van der Waals surface area contributed by atoms with Gasteiger partial charge in [0.1, 0.15) is 34.7 Å². The maximum absolute atomic E-state index is 13.0. The van der Waals surface area contributed by atoms with Crippen molar-refractivity contribution in [3.05, 3.63) is 82.9 Å². The largest absolute Gasteiger partial charge is 0.508 e. The van der Waals surface area contributed by atoms with Gasteiger partial charge in [0.05, 0.1) is 0 Å². The highest BCUT2D eigenvalue weighted by molar-refractivity contribution is 6.02. The molecule has 3 aromatic rings. The van der Waals surface area contributed by atoms with Crippen LogP contribution in [0.3, 0.4) is 0 Å². The van der Waals surface area contributed by atoms with Gasteiger partial charge in [-0.1, -0.05) is 49.4 Å². The number of rotatable bonds is 5. The minimum absolute atomic E-state index is 0.0322. The van der Waals surface area contributed by atoms with Crippen LogP contribution in [0.1, 0.15) is 46.5 Å². The second-order valence-electron chi connectivity index (χ2n) is 7.82. The molecule has 0 amide bonds. The van der Waals surface area contributed by atoms with Crippen LogP contribution in [0.25, 0.3) is 0 Å². The van der Waals surface area contributed by atoms with Crippen molar-refractivity contribution in [3.63, 3.8) is 0 Å². The third-order valence-electron chi connectivity index (χ3n) is 5.61. The number of hydrogen-bond acceptors (Lipinski definition) is 5. The first-order valence-electron chi connectivity index (χ1n) is 10.0. The van der Waals surface area contributed by atoms with Crippen molar-refractivity contribution in [1.82, 2.24) is 0 Å². The van der Waals surface area contributed by atoms with Gasteiger partial charge >= 0.3 is 0 Å². The molecular formula is C25H24O5. The van der Waals surface area contributed by atoms with E-state index >= 15 is 0 Å². The van der Waals surface area contributed by atoms with Gasteiger partial charge in [0.25, 0.3) is 0 Å². The van der Waals surface area contributed by atoms with Crippen molar-refractivity contribution in [1.29, 1.82) is 0 Å². The summed E-state index contributed by atoms with van der Waals surface area (Å²) in [6.45, 7) is 2.00. The molecule has 4 rings (SSSR count). The van der Waals surface area contributed by atoms with Crippen molar-refractivity contribution in [3.8, 4) is 23.0 Å². The smallest absolute Gasteiger partial charge is 0.170 e. The highest BCUT2D eigenvalue weighted by Crippen LogP contribution is 2.47. The molecule has 2 atom stereocenters. The topological polar surface area (TPSA) is 87.0 Å². The molecule has 3 aromatic carbocycles. The van der Waals surface area contributed by atoms with Crippen LogP contribution in [0.2, 0.25) is 0 Å². The summed E-state index contributed by atoms with van der Waals surface area (Å²) in [6, 6.07) is 17.6. The molecular weight excluding hydrogens is 380 g/mol. The molecule has 30 heavy (non-hydrogen) atoms. The number of phenolic OH excluding ortho intramolecular Hbond substituents is 3. The minimum atomic E-state index is -0.361. The summed E-state index contributed by atoms with van der Waals surface area (Å²) in [5.41, 5.74) is 2.55. The van der Waals surface area contributed by atoms with Gasteiger partial charge in [-0.05, 0) is 36.1 Å². The number of hydrogen-bond donors (Lipinski definition) is 3. The molecule has 0 bridgehead atoms. The molecule has 1 heterocycles. The molecule has 0 aliphatic carbocycles. The lowest BCUT2D eigenvalue weighted by Gasteiger charge is -2.33. The fourth-order valence-corrected chi connectivity index (χ4v) is 4.03. The summed E-state index contributed by atoms with van der Waals surface area (Å²) >= 11 is 0. The monoisotopic (exact) mass is 404 g/mol. The first-order valence-corrected chi connectivity index (χ1v) is 10.0. The van der Waals surface area contributed by atoms with Gasteiger partial charge in [0.2, 0.25) is 0 Å². The van der Waals surface area contributed by atoms with Crippen LogP contribution in [0, 0.1) is 5.92 Å². The van der Waals surface area contributed by atoms with Crippen LogP contribution in [0.4, 0.5) is 0 Å². The van der Waals surface area contributed by atoms with Crippen molar-refractivity contribution in [2.45, 2.75) is 32.3 Å². The molecule has 0 unspecified atom stereocenters. The standard InChI is InChI=1S/C25H24O5/c1-15-13-19-21(28)14-22(29)23(20(27)12-7-16-5-3-2-4-6-16)25(19)30-24(15)17-8-10-18(26)11-9-17/h2-6,8-11,14-15,24,26,28-29H,7,12-13H2,1H3/t15-,24-/m1/s1. The molecule has 0 aromatic heterocycles. The third kappa shape index (κ3) is 3.83. The Labute approximate surface area is 175 Å². The van der Waals surface area contributed by atoms with Crippen molar-refractivity contribution in [2.75, 3.05) is 0 Å². The summed E-state index contributed by atoms with van der Waals surface area (Å²) in [6.07, 6.45) is 0.913. The zero-order chi connectivity index (χ0) is 21.3. The van der Waals surface area contributed by atoms with Gasteiger partial charge in [-0.2, -0.15) is 0 Å². The minimum Gasteiger partial charge on any atom is -0.508 e. The van der Waals surface area contributed by atoms with E-state index in [2.05, 4.69) is 0 Å². The maximum atomic E-state index is 13.0. The fraction of sp³-hybridized carbons (Fsp3) is 0.240. The van der Waals surface area contributed by atoms with E-state index in [9.17, 15) is 20.1 Å². The average molecular weight is 404 g/mol. The van der Waals surface area contributed by atoms with E-state index in [4.69, 9.17) is 4.74 Å². The molecule has 3 N–H and O–H groups in total. The lowest BCUT2D eigenvalue weighted by molar-refractivity contribution is 0.0945. The summed E-state index contributed by atoms with van der Waals surface area (Å²) < 4.78 is 6.21. The number of carbonyl (C=O) groups is 1. The van der Waals surface area contributed by atoms with Gasteiger partial charge < -0.3 is 20.1 Å². The highest BCUT2D eigenvalue weighted by Gasteiger charge is 2.34. The van der Waals surface area contributed by atoms with Crippen LogP contribution in [0.5, 0.6) is 23.0 Å². The Morgan fingerprint density at radius 1 is 1.00 bits per heavy atom. The van der Waals surface area contributed by atoms with E-state index in [-0.39, 0.29) is 52.8 Å². The number of Topliss-reactive ketones (excluding diaryl/α,β-unsaturated/α-hetero) is 1. The molecule has 0 saturated carbocycles. The Morgan fingerprint density at radius 3 is 2.40 bits per heavy atom. The van der Waals surface area contributed by atoms with E-state index in [0.717, 1.165) is 11.1 Å². The first kappa shape index (κ1) is 19.8. The number of ketones is 1. The zero-order valence-electron chi connectivity index (χ0n) is 16.7.